The van der Waals surface area contributed by atoms with Crippen LogP contribution in [0.25, 0.3) is 0 Å². The minimum Gasteiger partial charge on any atom is -0.494 e. The number of aromatic nitrogens is 1. The summed E-state index contributed by atoms with van der Waals surface area (Å²) < 4.78 is 13.4. The zero-order valence-corrected chi connectivity index (χ0v) is 19.9. The molecular formula is C26H34N4O3. The maximum absolute atomic E-state index is 13.1. The molecule has 2 aliphatic heterocycles. The van der Waals surface area contributed by atoms with Crippen LogP contribution in [0.4, 0.5) is 5.82 Å². The average molecular weight is 451 g/mol. The Morgan fingerprint density at radius 2 is 2.03 bits per heavy atom. The number of likely N-dealkylation sites (tertiary alicyclic amines) is 1. The van der Waals surface area contributed by atoms with Gasteiger partial charge in [0.2, 0.25) is 5.91 Å². The van der Waals surface area contributed by atoms with Crippen LogP contribution in [0.3, 0.4) is 0 Å². The third-order valence-electron chi connectivity index (χ3n) is 6.90. The molecule has 3 heterocycles. The number of nitrogens with zero attached hydrogens (tertiary/aromatic N) is 3. The van der Waals surface area contributed by atoms with E-state index in [9.17, 15) is 10.1 Å². The molecule has 0 radical (unpaired) electrons. The molecule has 2 aromatic rings. The van der Waals surface area contributed by atoms with Gasteiger partial charge in [0.05, 0.1) is 31.4 Å². The molecule has 1 aromatic heterocycles. The second kappa shape index (κ2) is 10.4. The molecule has 2 saturated heterocycles. The van der Waals surface area contributed by atoms with E-state index in [-0.39, 0.29) is 18.1 Å². The van der Waals surface area contributed by atoms with Crippen molar-refractivity contribution in [2.75, 3.05) is 31.6 Å². The van der Waals surface area contributed by atoms with Crippen LogP contribution in [-0.4, -0.2) is 47.8 Å². The van der Waals surface area contributed by atoms with Crippen LogP contribution in [0.5, 0.6) is 5.75 Å². The van der Waals surface area contributed by atoms with E-state index in [1.54, 1.807) is 0 Å². The highest BCUT2D eigenvalue weighted by Gasteiger charge is 2.29. The standard InChI is InChI=1S/C26H34N4O3/c1-4-32-21-11-9-20(10-12-21)24-8-5-13-29(24)17-25(31)28-26-23(15-27)18(2)19(3)30(26)16-22-7-6-14-33-22/h9-12,22,24H,4-8,13-14,16-17H2,1-3H3,(H,28,31). The summed E-state index contributed by atoms with van der Waals surface area (Å²) in [5.41, 5.74) is 3.67. The number of rotatable bonds is 8. The maximum atomic E-state index is 13.1. The lowest BCUT2D eigenvalue weighted by Gasteiger charge is -2.25. The molecule has 1 amide bonds. The predicted octanol–water partition coefficient (Wildman–Crippen LogP) is 4.33. The number of carbonyl (C=O) groups excluding carboxylic acids is 1. The lowest BCUT2D eigenvalue weighted by atomic mass is 10.0. The van der Waals surface area contributed by atoms with Gasteiger partial charge in [0, 0.05) is 18.3 Å². The van der Waals surface area contributed by atoms with E-state index in [0.717, 1.165) is 55.8 Å². The Hall–Kier alpha value is -2.82. The SMILES string of the molecule is CCOc1ccc(C2CCCN2CC(=O)Nc2c(C#N)c(C)c(C)n2CC2CCCO2)cc1. The molecule has 0 bridgehead atoms. The number of ether oxygens (including phenoxy) is 2. The summed E-state index contributed by atoms with van der Waals surface area (Å²) in [4.78, 5) is 15.4. The lowest BCUT2D eigenvalue weighted by Crippen LogP contribution is -2.33. The zero-order valence-electron chi connectivity index (χ0n) is 19.9. The monoisotopic (exact) mass is 450 g/mol. The topological polar surface area (TPSA) is 79.5 Å². The van der Waals surface area contributed by atoms with Crippen LogP contribution in [0, 0.1) is 25.2 Å². The van der Waals surface area contributed by atoms with Crippen molar-refractivity contribution < 1.29 is 14.3 Å². The molecular weight excluding hydrogens is 416 g/mol. The molecule has 33 heavy (non-hydrogen) atoms. The van der Waals surface area contributed by atoms with Crippen molar-refractivity contribution in [2.45, 2.75) is 65.1 Å². The third-order valence-corrected chi connectivity index (χ3v) is 6.90. The van der Waals surface area contributed by atoms with E-state index in [2.05, 4.69) is 33.0 Å². The van der Waals surface area contributed by atoms with Crippen LogP contribution < -0.4 is 10.1 Å². The van der Waals surface area contributed by atoms with Crippen LogP contribution in [0.2, 0.25) is 0 Å². The van der Waals surface area contributed by atoms with E-state index in [4.69, 9.17) is 9.47 Å². The number of nitriles is 1. The van der Waals surface area contributed by atoms with E-state index in [1.165, 1.54) is 5.56 Å². The summed E-state index contributed by atoms with van der Waals surface area (Å²) in [5, 5.41) is 12.9. The molecule has 2 fully saturated rings. The Morgan fingerprint density at radius 3 is 2.70 bits per heavy atom. The van der Waals surface area contributed by atoms with E-state index >= 15 is 0 Å². The van der Waals surface area contributed by atoms with Crippen molar-refractivity contribution in [1.29, 1.82) is 5.26 Å². The van der Waals surface area contributed by atoms with Gasteiger partial charge in [0.25, 0.3) is 0 Å². The molecule has 7 heteroatoms. The molecule has 1 N–H and O–H groups in total. The number of amides is 1. The predicted molar refractivity (Wildman–Crippen MR) is 127 cm³/mol. The zero-order chi connectivity index (χ0) is 23.4. The smallest absolute Gasteiger partial charge is 0.239 e. The van der Waals surface area contributed by atoms with Gasteiger partial charge in [-0.2, -0.15) is 5.26 Å². The molecule has 7 nitrogen and oxygen atoms in total. The summed E-state index contributed by atoms with van der Waals surface area (Å²) in [6, 6.07) is 10.7. The van der Waals surface area contributed by atoms with Gasteiger partial charge in [-0.25, -0.2) is 0 Å². The largest absolute Gasteiger partial charge is 0.494 e. The van der Waals surface area contributed by atoms with Crippen LogP contribution >= 0.6 is 0 Å². The van der Waals surface area contributed by atoms with Crippen molar-refractivity contribution in [3.8, 4) is 11.8 Å². The summed E-state index contributed by atoms with van der Waals surface area (Å²) in [6.45, 7) is 9.18. The highest BCUT2D eigenvalue weighted by Crippen LogP contribution is 2.33. The van der Waals surface area contributed by atoms with Crippen LogP contribution in [0.15, 0.2) is 24.3 Å². The van der Waals surface area contributed by atoms with Gasteiger partial charge in [-0.05, 0) is 76.3 Å². The Bertz CT molecular complexity index is 1020. The highest BCUT2D eigenvalue weighted by molar-refractivity contribution is 5.93. The Morgan fingerprint density at radius 1 is 1.24 bits per heavy atom. The van der Waals surface area contributed by atoms with Crippen LogP contribution in [-0.2, 0) is 16.1 Å². The van der Waals surface area contributed by atoms with Crippen molar-refractivity contribution in [3.63, 3.8) is 0 Å². The van der Waals surface area contributed by atoms with Crippen LogP contribution in [0.1, 0.15) is 61.0 Å². The quantitative estimate of drug-likeness (QED) is 0.648. The first-order chi connectivity index (χ1) is 16.0. The van der Waals surface area contributed by atoms with Crippen molar-refractivity contribution in [1.82, 2.24) is 9.47 Å². The molecule has 1 aromatic carbocycles. The van der Waals surface area contributed by atoms with Gasteiger partial charge >= 0.3 is 0 Å². The van der Waals surface area contributed by atoms with E-state index in [0.29, 0.717) is 31.1 Å². The Balaban J connectivity index is 1.47. The average Bonchev–Trinajstić information content (AvgIpc) is 3.53. The fraction of sp³-hybridized carbons (Fsp3) is 0.538. The number of hydrogen-bond donors (Lipinski definition) is 1. The second-order valence-corrected chi connectivity index (χ2v) is 8.97. The molecule has 0 spiro atoms. The fourth-order valence-corrected chi connectivity index (χ4v) is 5.05. The molecule has 0 saturated carbocycles. The molecule has 2 unspecified atom stereocenters. The molecule has 176 valence electrons. The molecule has 0 aliphatic carbocycles. The minimum absolute atomic E-state index is 0.0876. The maximum Gasteiger partial charge on any atom is 0.239 e. The van der Waals surface area contributed by atoms with Crippen molar-refractivity contribution in [2.24, 2.45) is 0 Å². The number of benzene rings is 1. The first-order valence-electron chi connectivity index (χ1n) is 12.0. The van der Waals surface area contributed by atoms with Gasteiger partial charge in [-0.3, -0.25) is 9.69 Å². The number of carbonyl (C=O) groups is 1. The van der Waals surface area contributed by atoms with Crippen molar-refractivity contribution >= 4 is 11.7 Å². The summed E-state index contributed by atoms with van der Waals surface area (Å²) in [7, 11) is 0. The number of hydrogen-bond acceptors (Lipinski definition) is 5. The Kier molecular flexibility index (Phi) is 7.36. The molecule has 2 atom stereocenters. The first kappa shape index (κ1) is 23.3. The normalized spacial score (nSPS) is 20.7. The fourth-order valence-electron chi connectivity index (χ4n) is 5.05. The summed E-state index contributed by atoms with van der Waals surface area (Å²) >= 11 is 0. The second-order valence-electron chi connectivity index (χ2n) is 8.97. The van der Waals surface area contributed by atoms with E-state index < -0.39 is 0 Å². The highest BCUT2D eigenvalue weighted by atomic mass is 16.5. The van der Waals surface area contributed by atoms with E-state index in [1.807, 2.05) is 32.9 Å². The van der Waals surface area contributed by atoms with Gasteiger partial charge in [-0.15, -0.1) is 0 Å². The van der Waals surface area contributed by atoms with Gasteiger partial charge in [-0.1, -0.05) is 12.1 Å². The van der Waals surface area contributed by atoms with Gasteiger partial charge in [0.1, 0.15) is 17.6 Å². The van der Waals surface area contributed by atoms with Crippen molar-refractivity contribution in [3.05, 3.63) is 46.6 Å². The lowest BCUT2D eigenvalue weighted by molar-refractivity contribution is -0.117. The summed E-state index contributed by atoms with van der Waals surface area (Å²) in [5.74, 6) is 1.38. The van der Waals surface area contributed by atoms with Gasteiger partial charge in [0.15, 0.2) is 0 Å². The third kappa shape index (κ3) is 5.07. The Labute approximate surface area is 196 Å². The first-order valence-corrected chi connectivity index (χ1v) is 12.0. The molecule has 2 aliphatic rings. The minimum atomic E-state index is -0.0876. The molecule has 4 rings (SSSR count). The summed E-state index contributed by atoms with van der Waals surface area (Å²) in [6.07, 6.45) is 4.27. The number of anilines is 1. The number of nitrogens with one attached hydrogen (secondary N) is 1. The van der Waals surface area contributed by atoms with Gasteiger partial charge < -0.3 is 19.4 Å².